The highest BCUT2D eigenvalue weighted by Crippen LogP contribution is 2.33. The van der Waals surface area contributed by atoms with Crippen LogP contribution >= 0.6 is 0 Å². The standard InChI is InChI=1S/C21H22F2N2O.H2/c1-3-20(26)25-11-10-15-8-9-19(12-16(15)14-25)24-18-7-5-6-17(13-18)21(22,23)4-2;/h3,5-9,12-13,24H,1,4,10-11,14H2,2H3;1H. The summed E-state index contributed by atoms with van der Waals surface area (Å²) in [6.07, 6.45) is 1.89. The summed E-state index contributed by atoms with van der Waals surface area (Å²) in [7, 11) is 0. The third kappa shape index (κ3) is 3.77. The van der Waals surface area contributed by atoms with Gasteiger partial charge in [0, 0.05) is 37.9 Å². The van der Waals surface area contributed by atoms with Gasteiger partial charge in [-0.1, -0.05) is 31.7 Å². The summed E-state index contributed by atoms with van der Waals surface area (Å²) in [6, 6.07) is 12.3. The van der Waals surface area contributed by atoms with Gasteiger partial charge in [-0.25, -0.2) is 8.78 Å². The largest absolute Gasteiger partial charge is 0.356 e. The van der Waals surface area contributed by atoms with Crippen LogP contribution in [0.3, 0.4) is 0 Å². The fraction of sp³-hybridized carbons (Fsp3) is 0.286. The third-order valence-corrected chi connectivity index (χ3v) is 4.72. The molecule has 26 heavy (non-hydrogen) atoms. The molecule has 0 radical (unpaired) electrons. The van der Waals surface area contributed by atoms with E-state index in [4.69, 9.17) is 0 Å². The fourth-order valence-corrected chi connectivity index (χ4v) is 3.15. The minimum Gasteiger partial charge on any atom is -0.356 e. The number of alkyl halides is 2. The van der Waals surface area contributed by atoms with E-state index in [9.17, 15) is 13.6 Å². The molecule has 3 rings (SSSR count). The third-order valence-electron chi connectivity index (χ3n) is 4.72. The van der Waals surface area contributed by atoms with Gasteiger partial charge in [0.05, 0.1) is 0 Å². The van der Waals surface area contributed by atoms with Crippen molar-refractivity contribution in [2.75, 3.05) is 11.9 Å². The lowest BCUT2D eigenvalue weighted by molar-refractivity contribution is -0.126. The molecule has 3 nitrogen and oxygen atoms in total. The number of hydrogen-bond acceptors (Lipinski definition) is 2. The van der Waals surface area contributed by atoms with Crippen LogP contribution in [0.2, 0.25) is 0 Å². The highest BCUT2D eigenvalue weighted by molar-refractivity contribution is 5.87. The van der Waals surface area contributed by atoms with Crippen molar-refractivity contribution >= 4 is 17.3 Å². The van der Waals surface area contributed by atoms with Crippen molar-refractivity contribution in [3.05, 3.63) is 71.8 Å². The van der Waals surface area contributed by atoms with Crippen LogP contribution in [-0.2, 0) is 23.7 Å². The summed E-state index contributed by atoms with van der Waals surface area (Å²) in [5, 5.41) is 3.19. The fourth-order valence-electron chi connectivity index (χ4n) is 3.15. The molecule has 1 N–H and O–H groups in total. The van der Waals surface area contributed by atoms with Crippen LogP contribution in [0.4, 0.5) is 20.2 Å². The molecule has 2 aromatic rings. The Morgan fingerprint density at radius 3 is 2.77 bits per heavy atom. The summed E-state index contributed by atoms with van der Waals surface area (Å²) >= 11 is 0. The van der Waals surface area contributed by atoms with Crippen LogP contribution in [0.1, 0.15) is 31.5 Å². The van der Waals surface area contributed by atoms with E-state index < -0.39 is 5.92 Å². The first-order valence-electron chi connectivity index (χ1n) is 8.71. The molecule has 0 saturated carbocycles. The number of nitrogens with zero attached hydrogens (tertiary/aromatic N) is 1. The Morgan fingerprint density at radius 1 is 1.27 bits per heavy atom. The number of carbonyl (C=O) groups is 1. The van der Waals surface area contributed by atoms with Gasteiger partial charge in [-0.15, -0.1) is 0 Å². The maximum atomic E-state index is 13.9. The Bertz CT molecular complexity index is 839. The predicted molar refractivity (Wildman–Crippen MR) is 102 cm³/mol. The maximum Gasteiger partial charge on any atom is 0.273 e. The summed E-state index contributed by atoms with van der Waals surface area (Å²) in [4.78, 5) is 13.6. The number of carbonyl (C=O) groups excluding carboxylic acids is 1. The molecule has 1 amide bonds. The molecule has 0 bridgehead atoms. The first kappa shape index (κ1) is 18.1. The van der Waals surface area contributed by atoms with Crippen LogP contribution in [0.15, 0.2) is 55.1 Å². The number of fused-ring (bicyclic) bond motifs is 1. The normalized spacial score (nSPS) is 13.9. The van der Waals surface area contributed by atoms with Crippen LogP contribution < -0.4 is 5.32 Å². The van der Waals surface area contributed by atoms with Gasteiger partial charge in [0.25, 0.3) is 5.92 Å². The number of benzene rings is 2. The zero-order valence-electron chi connectivity index (χ0n) is 14.8. The lowest BCUT2D eigenvalue weighted by Gasteiger charge is -2.28. The van der Waals surface area contributed by atoms with Crippen molar-refractivity contribution in [1.29, 1.82) is 0 Å². The van der Waals surface area contributed by atoms with Gasteiger partial charge in [-0.05, 0) is 47.9 Å². The van der Waals surface area contributed by atoms with Gasteiger partial charge in [0.2, 0.25) is 5.91 Å². The molecule has 0 atom stereocenters. The van der Waals surface area contributed by atoms with Crippen molar-refractivity contribution < 1.29 is 15.0 Å². The topological polar surface area (TPSA) is 32.3 Å². The lowest BCUT2D eigenvalue weighted by Crippen LogP contribution is -2.34. The molecule has 1 aliphatic rings. The second-order valence-electron chi connectivity index (χ2n) is 6.46. The average molecular weight is 358 g/mol. The van der Waals surface area contributed by atoms with Crippen molar-refractivity contribution in [3.8, 4) is 0 Å². The molecular formula is C21H24F2N2O. The maximum absolute atomic E-state index is 13.9. The van der Waals surface area contributed by atoms with Gasteiger partial charge in [0.15, 0.2) is 0 Å². The monoisotopic (exact) mass is 358 g/mol. The minimum absolute atomic E-state index is 0. The summed E-state index contributed by atoms with van der Waals surface area (Å²) < 4.78 is 27.8. The van der Waals surface area contributed by atoms with E-state index in [0.29, 0.717) is 18.8 Å². The van der Waals surface area contributed by atoms with E-state index in [2.05, 4.69) is 11.9 Å². The Balaban J connectivity index is 0.00000261. The van der Waals surface area contributed by atoms with Gasteiger partial charge < -0.3 is 10.2 Å². The zero-order chi connectivity index (χ0) is 18.7. The Kier molecular flexibility index (Phi) is 5.07. The first-order valence-corrected chi connectivity index (χ1v) is 8.71. The van der Waals surface area contributed by atoms with E-state index in [1.807, 2.05) is 18.2 Å². The highest BCUT2D eigenvalue weighted by Gasteiger charge is 2.28. The van der Waals surface area contributed by atoms with Gasteiger partial charge in [-0.2, -0.15) is 0 Å². The summed E-state index contributed by atoms with van der Waals surface area (Å²) in [6.45, 7) is 6.22. The van der Waals surface area contributed by atoms with Crippen LogP contribution in [0.25, 0.3) is 0 Å². The quantitative estimate of drug-likeness (QED) is 0.741. The van der Waals surface area contributed by atoms with Gasteiger partial charge in [-0.3, -0.25) is 4.79 Å². The molecule has 2 aromatic carbocycles. The number of hydrogen-bond donors (Lipinski definition) is 1. The molecular weight excluding hydrogens is 334 g/mol. The van der Waals surface area contributed by atoms with Crippen molar-refractivity contribution in [2.24, 2.45) is 0 Å². The van der Waals surface area contributed by atoms with Crippen LogP contribution in [0.5, 0.6) is 0 Å². The lowest BCUT2D eigenvalue weighted by atomic mass is 9.98. The van der Waals surface area contributed by atoms with E-state index in [1.165, 1.54) is 30.7 Å². The summed E-state index contributed by atoms with van der Waals surface area (Å²) in [5.74, 6) is -2.91. The number of nitrogens with one attached hydrogen (secondary N) is 1. The zero-order valence-corrected chi connectivity index (χ0v) is 14.8. The molecule has 1 heterocycles. The van der Waals surface area contributed by atoms with E-state index in [-0.39, 0.29) is 19.3 Å². The van der Waals surface area contributed by atoms with E-state index in [0.717, 1.165) is 17.7 Å². The summed E-state index contributed by atoms with van der Waals surface area (Å²) in [5.41, 5.74) is 3.70. The number of amides is 1. The second-order valence-corrected chi connectivity index (χ2v) is 6.46. The molecule has 138 valence electrons. The SMILES string of the molecule is C=CC(=O)N1CCc2ccc(Nc3cccc(C(F)(F)CC)c3)cc2C1.[HH]. The van der Waals surface area contributed by atoms with E-state index >= 15 is 0 Å². The number of anilines is 2. The average Bonchev–Trinajstić information content (AvgIpc) is 2.67. The smallest absolute Gasteiger partial charge is 0.273 e. The molecule has 1 aliphatic heterocycles. The first-order chi connectivity index (χ1) is 12.4. The number of rotatable bonds is 5. The Labute approximate surface area is 153 Å². The molecule has 0 aliphatic carbocycles. The van der Waals surface area contributed by atoms with Gasteiger partial charge >= 0.3 is 0 Å². The van der Waals surface area contributed by atoms with Crippen molar-refractivity contribution in [1.82, 2.24) is 4.90 Å². The second kappa shape index (κ2) is 7.28. The van der Waals surface area contributed by atoms with Crippen LogP contribution in [-0.4, -0.2) is 17.4 Å². The molecule has 5 heteroatoms. The van der Waals surface area contributed by atoms with Gasteiger partial charge in [0.1, 0.15) is 0 Å². The van der Waals surface area contributed by atoms with E-state index in [1.54, 1.807) is 17.0 Å². The van der Waals surface area contributed by atoms with Crippen LogP contribution in [0, 0.1) is 0 Å². The minimum atomic E-state index is -2.83. The molecule has 0 aromatic heterocycles. The molecule has 0 fully saturated rings. The number of halogens is 2. The van der Waals surface area contributed by atoms with Crippen molar-refractivity contribution in [3.63, 3.8) is 0 Å². The predicted octanol–water partition coefficient (Wildman–Crippen LogP) is 5.25. The highest BCUT2D eigenvalue weighted by atomic mass is 19.3. The molecule has 0 spiro atoms. The Morgan fingerprint density at radius 2 is 2.04 bits per heavy atom. The molecule has 0 unspecified atom stereocenters. The Hall–Kier alpha value is -2.69. The van der Waals surface area contributed by atoms with Crippen molar-refractivity contribution in [2.45, 2.75) is 32.2 Å². The molecule has 0 saturated heterocycles.